The van der Waals surface area contributed by atoms with Crippen LogP contribution in [-0.2, 0) is 24.5 Å². The van der Waals surface area contributed by atoms with Gasteiger partial charge in [-0.2, -0.15) is 5.26 Å². The second kappa shape index (κ2) is 14.6. The summed E-state index contributed by atoms with van der Waals surface area (Å²) < 4.78 is 18.1. The van der Waals surface area contributed by atoms with Gasteiger partial charge in [0.2, 0.25) is 0 Å². The topological polar surface area (TPSA) is 87.9 Å². The van der Waals surface area contributed by atoms with Gasteiger partial charge < -0.3 is 19.1 Å². The lowest BCUT2D eigenvalue weighted by molar-refractivity contribution is 0.0337. The molecule has 1 aliphatic rings. The van der Waals surface area contributed by atoms with Crippen molar-refractivity contribution in [2.75, 3.05) is 40.4 Å². The van der Waals surface area contributed by atoms with Crippen molar-refractivity contribution in [2.24, 2.45) is 0 Å². The van der Waals surface area contributed by atoms with Crippen molar-refractivity contribution < 1.29 is 19.0 Å². The molecule has 0 N–H and O–H groups in total. The van der Waals surface area contributed by atoms with Gasteiger partial charge in [-0.3, -0.25) is 14.7 Å². The van der Waals surface area contributed by atoms with Crippen LogP contribution in [0.1, 0.15) is 43.7 Å². The second-order valence-corrected chi connectivity index (χ2v) is 11.7. The average Bonchev–Trinajstić information content (AvgIpc) is 3.05. The Morgan fingerprint density at radius 2 is 1.67 bits per heavy atom. The highest BCUT2D eigenvalue weighted by Gasteiger charge is 2.19. The maximum absolute atomic E-state index is 12.8. The standard InChI is InChI=1S/C36H37ClN4O4/c1-24-28(7-5-8-30(24)31-9-6-10-32(25(31)2)36(42)40(3)4)23-45-35-17-34(44-22-27-15-26(18-38)19-39-20-27)29(16-33(35)37)21-41-11-13-43-14-12-41/h5-10,15-17,19-20H,11-14,21-23H2,1-4H3. The summed E-state index contributed by atoms with van der Waals surface area (Å²) in [4.78, 5) is 20.8. The average molecular weight is 625 g/mol. The molecule has 1 fully saturated rings. The van der Waals surface area contributed by atoms with Crippen LogP contribution in [0.2, 0.25) is 5.02 Å². The molecule has 0 radical (unpaired) electrons. The maximum Gasteiger partial charge on any atom is 0.253 e. The minimum absolute atomic E-state index is 0.0229. The van der Waals surface area contributed by atoms with Crippen LogP contribution in [0.4, 0.5) is 0 Å². The molecular formula is C36H37ClN4O4. The molecule has 1 aliphatic heterocycles. The normalized spacial score (nSPS) is 13.2. The molecule has 8 nitrogen and oxygen atoms in total. The first kappa shape index (κ1) is 32.0. The Morgan fingerprint density at radius 1 is 0.956 bits per heavy atom. The van der Waals surface area contributed by atoms with Crippen molar-refractivity contribution in [1.82, 2.24) is 14.8 Å². The predicted molar refractivity (Wildman–Crippen MR) is 175 cm³/mol. The highest BCUT2D eigenvalue weighted by atomic mass is 35.5. The summed E-state index contributed by atoms with van der Waals surface area (Å²) in [6, 6.07) is 19.6. The third kappa shape index (κ3) is 7.63. The number of morpholine rings is 1. The summed E-state index contributed by atoms with van der Waals surface area (Å²) >= 11 is 6.80. The van der Waals surface area contributed by atoms with E-state index >= 15 is 0 Å². The van der Waals surface area contributed by atoms with Crippen LogP contribution >= 0.6 is 11.6 Å². The number of hydrogen-bond acceptors (Lipinski definition) is 7. The Morgan fingerprint density at radius 3 is 2.40 bits per heavy atom. The Hall–Kier alpha value is -4.42. The van der Waals surface area contributed by atoms with Crippen LogP contribution < -0.4 is 9.47 Å². The van der Waals surface area contributed by atoms with Gasteiger partial charge >= 0.3 is 0 Å². The van der Waals surface area contributed by atoms with Gasteiger partial charge in [-0.1, -0.05) is 41.9 Å². The van der Waals surface area contributed by atoms with Crippen molar-refractivity contribution in [2.45, 2.75) is 33.6 Å². The number of hydrogen-bond donors (Lipinski definition) is 0. The van der Waals surface area contributed by atoms with E-state index in [0.717, 1.165) is 52.0 Å². The van der Waals surface area contributed by atoms with Crippen LogP contribution in [-0.4, -0.2) is 61.1 Å². The molecule has 0 saturated carbocycles. The zero-order chi connectivity index (χ0) is 31.9. The van der Waals surface area contributed by atoms with Crippen LogP contribution in [0, 0.1) is 25.2 Å². The molecular weight excluding hydrogens is 588 g/mol. The van der Waals surface area contributed by atoms with Crippen LogP contribution in [0.15, 0.2) is 67.0 Å². The lowest BCUT2D eigenvalue weighted by Gasteiger charge is -2.27. The quantitative estimate of drug-likeness (QED) is 0.197. The van der Waals surface area contributed by atoms with E-state index in [4.69, 9.17) is 25.8 Å². The molecule has 0 atom stereocenters. The van der Waals surface area contributed by atoms with Gasteiger partial charge in [0, 0.05) is 68.9 Å². The van der Waals surface area contributed by atoms with E-state index in [1.54, 1.807) is 31.3 Å². The number of rotatable bonds is 10. The smallest absolute Gasteiger partial charge is 0.253 e. The minimum Gasteiger partial charge on any atom is -0.488 e. The van der Waals surface area contributed by atoms with Crippen LogP contribution in [0.3, 0.4) is 0 Å². The molecule has 0 aliphatic carbocycles. The van der Waals surface area contributed by atoms with Gasteiger partial charge in [-0.05, 0) is 59.9 Å². The fraction of sp³-hybridized carbons (Fsp3) is 0.306. The summed E-state index contributed by atoms with van der Waals surface area (Å²) in [5, 5.41) is 9.77. The number of ether oxygens (including phenoxy) is 3. The predicted octanol–water partition coefficient (Wildman–Crippen LogP) is 6.58. The van der Waals surface area contributed by atoms with E-state index in [1.165, 1.54) is 6.20 Å². The number of amides is 1. The van der Waals surface area contributed by atoms with Crippen LogP contribution in [0.5, 0.6) is 11.5 Å². The number of carbonyl (C=O) groups excluding carboxylic acids is 1. The minimum atomic E-state index is -0.0229. The first-order chi connectivity index (χ1) is 21.7. The third-order valence-corrected chi connectivity index (χ3v) is 8.32. The highest BCUT2D eigenvalue weighted by molar-refractivity contribution is 6.32. The Labute approximate surface area is 269 Å². The number of nitriles is 1. The van der Waals surface area contributed by atoms with E-state index < -0.39 is 0 Å². The molecule has 1 amide bonds. The summed E-state index contributed by atoms with van der Waals surface area (Å²) in [6.45, 7) is 8.28. The van der Waals surface area contributed by atoms with Crippen LogP contribution in [0.25, 0.3) is 11.1 Å². The van der Waals surface area contributed by atoms with E-state index in [2.05, 4.69) is 28.9 Å². The van der Waals surface area contributed by atoms with Crippen molar-refractivity contribution in [1.29, 1.82) is 5.26 Å². The van der Waals surface area contributed by atoms with Crippen molar-refractivity contribution in [3.05, 3.63) is 111 Å². The summed E-state index contributed by atoms with van der Waals surface area (Å²) in [5.74, 6) is 1.15. The number of nitrogens with zero attached hydrogens (tertiary/aromatic N) is 4. The first-order valence-electron chi connectivity index (χ1n) is 14.9. The van der Waals surface area contributed by atoms with E-state index in [0.29, 0.717) is 54.0 Å². The highest BCUT2D eigenvalue weighted by Crippen LogP contribution is 2.36. The largest absolute Gasteiger partial charge is 0.488 e. The second-order valence-electron chi connectivity index (χ2n) is 11.3. The van der Waals surface area contributed by atoms with E-state index in [9.17, 15) is 10.1 Å². The van der Waals surface area contributed by atoms with E-state index in [1.807, 2.05) is 49.4 Å². The van der Waals surface area contributed by atoms with Crippen molar-refractivity contribution >= 4 is 17.5 Å². The number of carbonyl (C=O) groups is 1. The Balaban J connectivity index is 1.40. The molecule has 45 heavy (non-hydrogen) atoms. The fourth-order valence-corrected chi connectivity index (χ4v) is 5.66. The molecule has 5 rings (SSSR count). The number of halogens is 1. The van der Waals surface area contributed by atoms with Gasteiger partial charge in [0.15, 0.2) is 0 Å². The first-order valence-corrected chi connectivity index (χ1v) is 15.2. The van der Waals surface area contributed by atoms with Crippen molar-refractivity contribution in [3.63, 3.8) is 0 Å². The fourth-order valence-electron chi connectivity index (χ4n) is 5.42. The Kier molecular flexibility index (Phi) is 10.4. The molecule has 0 bridgehead atoms. The molecule has 4 aromatic rings. The molecule has 0 unspecified atom stereocenters. The van der Waals surface area contributed by atoms with E-state index in [-0.39, 0.29) is 12.5 Å². The SMILES string of the molecule is Cc1c(COc2cc(OCc3cncc(C#N)c3)c(CN3CCOCC3)cc2Cl)cccc1-c1cccc(C(=O)N(C)C)c1C. The number of pyridine rings is 1. The molecule has 2 heterocycles. The number of benzene rings is 3. The summed E-state index contributed by atoms with van der Waals surface area (Å²) in [6.07, 6.45) is 3.22. The molecule has 3 aromatic carbocycles. The maximum atomic E-state index is 12.8. The lowest BCUT2D eigenvalue weighted by atomic mass is 9.91. The number of aromatic nitrogens is 1. The van der Waals surface area contributed by atoms with Gasteiger partial charge in [0.1, 0.15) is 30.8 Å². The molecule has 1 aromatic heterocycles. The zero-order valence-electron chi connectivity index (χ0n) is 26.1. The molecule has 1 saturated heterocycles. The van der Waals surface area contributed by atoms with Gasteiger partial charge in [0.05, 0.1) is 23.8 Å². The van der Waals surface area contributed by atoms with Gasteiger partial charge in [0.25, 0.3) is 5.91 Å². The van der Waals surface area contributed by atoms with Gasteiger partial charge in [-0.25, -0.2) is 0 Å². The third-order valence-electron chi connectivity index (χ3n) is 8.02. The molecule has 0 spiro atoms. The zero-order valence-corrected chi connectivity index (χ0v) is 26.9. The summed E-state index contributed by atoms with van der Waals surface area (Å²) in [7, 11) is 3.52. The molecule has 9 heteroatoms. The Bertz CT molecular complexity index is 1730. The molecule has 232 valence electrons. The summed E-state index contributed by atoms with van der Waals surface area (Å²) in [5.41, 5.74) is 7.97. The lowest BCUT2D eigenvalue weighted by Crippen LogP contribution is -2.35. The van der Waals surface area contributed by atoms with Gasteiger partial charge in [-0.15, -0.1) is 0 Å². The monoisotopic (exact) mass is 624 g/mol. The van der Waals surface area contributed by atoms with Crippen molar-refractivity contribution in [3.8, 4) is 28.7 Å².